The second-order valence-corrected chi connectivity index (χ2v) is 4.78. The Bertz CT molecular complexity index is 412. The van der Waals surface area contributed by atoms with Gasteiger partial charge in [0.15, 0.2) is 0 Å². The summed E-state index contributed by atoms with van der Waals surface area (Å²) >= 11 is 0. The molecule has 0 aliphatic heterocycles. The maximum Gasteiger partial charge on any atom is 0.306 e. The van der Waals surface area contributed by atoms with Crippen LogP contribution in [0.5, 0.6) is 0 Å². The number of aryl methyl sites for hydroxylation is 2. The predicted molar refractivity (Wildman–Crippen MR) is 64.8 cm³/mol. The molecule has 1 heterocycles. The predicted octanol–water partition coefficient (Wildman–Crippen LogP) is 2.12. The highest BCUT2D eigenvalue weighted by atomic mass is 16.4. The van der Waals surface area contributed by atoms with Crippen LogP contribution in [0.1, 0.15) is 38.1 Å². The van der Waals surface area contributed by atoms with Crippen LogP contribution in [0.15, 0.2) is 6.07 Å². The van der Waals surface area contributed by atoms with Crippen LogP contribution in [0.4, 0.5) is 0 Å². The van der Waals surface area contributed by atoms with Crippen molar-refractivity contribution in [3.8, 4) is 0 Å². The van der Waals surface area contributed by atoms with E-state index in [9.17, 15) is 4.79 Å². The Morgan fingerprint density at radius 1 is 1.53 bits per heavy atom. The minimum Gasteiger partial charge on any atom is -0.481 e. The Morgan fingerprint density at radius 2 is 2.29 bits per heavy atom. The molecule has 1 fully saturated rings. The maximum atomic E-state index is 11.0. The quantitative estimate of drug-likeness (QED) is 0.852. The first-order valence-corrected chi connectivity index (χ1v) is 6.44. The molecule has 1 aliphatic carbocycles. The SMILES string of the molecule is CCc1cc(CC2CCC2C(=O)O)n(CC)n1. The molecule has 1 N–H and O–H groups in total. The largest absolute Gasteiger partial charge is 0.481 e. The van der Waals surface area contributed by atoms with Crippen molar-refractivity contribution in [3.05, 3.63) is 17.5 Å². The fourth-order valence-electron chi connectivity index (χ4n) is 2.53. The standard InChI is InChI=1S/C13H20N2O2/c1-3-10-8-11(15(4-2)14-10)7-9-5-6-12(9)13(16)17/h8-9,12H,3-7H2,1-2H3,(H,16,17). The lowest BCUT2D eigenvalue weighted by Gasteiger charge is -2.33. The number of carboxylic acids is 1. The summed E-state index contributed by atoms with van der Waals surface area (Å²) in [5, 5.41) is 13.5. The van der Waals surface area contributed by atoms with Gasteiger partial charge in [-0.25, -0.2) is 0 Å². The average Bonchev–Trinajstić information content (AvgIpc) is 2.65. The molecule has 0 radical (unpaired) electrons. The van der Waals surface area contributed by atoms with Gasteiger partial charge in [0.1, 0.15) is 0 Å². The first-order valence-electron chi connectivity index (χ1n) is 6.44. The van der Waals surface area contributed by atoms with Crippen LogP contribution in [-0.2, 0) is 24.2 Å². The Kier molecular flexibility index (Phi) is 3.50. The van der Waals surface area contributed by atoms with Gasteiger partial charge in [0.2, 0.25) is 0 Å². The van der Waals surface area contributed by atoms with Gasteiger partial charge in [-0.3, -0.25) is 9.48 Å². The van der Waals surface area contributed by atoms with Crippen molar-refractivity contribution in [1.29, 1.82) is 0 Å². The first-order chi connectivity index (χ1) is 8.15. The smallest absolute Gasteiger partial charge is 0.306 e. The molecule has 2 unspecified atom stereocenters. The van der Waals surface area contributed by atoms with Crippen LogP contribution < -0.4 is 0 Å². The third-order valence-electron chi connectivity index (χ3n) is 3.78. The van der Waals surface area contributed by atoms with Gasteiger partial charge in [-0.1, -0.05) is 6.92 Å². The lowest BCUT2D eigenvalue weighted by molar-refractivity contribution is -0.147. The van der Waals surface area contributed by atoms with Crippen molar-refractivity contribution in [2.45, 2.75) is 46.1 Å². The van der Waals surface area contributed by atoms with Gasteiger partial charge in [-0.15, -0.1) is 0 Å². The van der Waals surface area contributed by atoms with E-state index in [-0.39, 0.29) is 5.92 Å². The first kappa shape index (κ1) is 12.1. The molecule has 0 spiro atoms. The molecule has 1 saturated carbocycles. The Hall–Kier alpha value is -1.32. The summed E-state index contributed by atoms with van der Waals surface area (Å²) in [5.41, 5.74) is 2.30. The lowest BCUT2D eigenvalue weighted by Crippen LogP contribution is -2.34. The topological polar surface area (TPSA) is 55.1 Å². The molecule has 94 valence electrons. The van der Waals surface area contributed by atoms with Crippen LogP contribution in [-0.4, -0.2) is 20.9 Å². The number of aromatic nitrogens is 2. The monoisotopic (exact) mass is 236 g/mol. The van der Waals surface area contributed by atoms with E-state index in [4.69, 9.17) is 5.11 Å². The molecule has 4 heteroatoms. The van der Waals surface area contributed by atoms with Crippen molar-refractivity contribution in [3.63, 3.8) is 0 Å². The van der Waals surface area contributed by atoms with Gasteiger partial charge in [0, 0.05) is 12.2 Å². The molecule has 2 rings (SSSR count). The van der Waals surface area contributed by atoms with E-state index >= 15 is 0 Å². The van der Waals surface area contributed by atoms with Crippen molar-refractivity contribution < 1.29 is 9.90 Å². The number of hydrogen-bond donors (Lipinski definition) is 1. The highest BCUT2D eigenvalue weighted by molar-refractivity contribution is 5.71. The van der Waals surface area contributed by atoms with E-state index < -0.39 is 5.97 Å². The van der Waals surface area contributed by atoms with Gasteiger partial charge in [0.25, 0.3) is 0 Å². The number of rotatable bonds is 5. The number of hydrogen-bond acceptors (Lipinski definition) is 2. The Labute approximate surface area is 102 Å². The van der Waals surface area contributed by atoms with Gasteiger partial charge in [-0.05, 0) is 44.6 Å². The Balaban J connectivity index is 2.07. The summed E-state index contributed by atoms with van der Waals surface area (Å²) in [7, 11) is 0. The summed E-state index contributed by atoms with van der Waals surface area (Å²) < 4.78 is 2.01. The average molecular weight is 236 g/mol. The van der Waals surface area contributed by atoms with Crippen molar-refractivity contribution in [2.24, 2.45) is 11.8 Å². The molecular weight excluding hydrogens is 216 g/mol. The molecule has 0 saturated heterocycles. The number of nitrogens with zero attached hydrogens (tertiary/aromatic N) is 2. The van der Waals surface area contributed by atoms with Gasteiger partial charge in [-0.2, -0.15) is 5.10 Å². The molecule has 1 aromatic rings. The van der Waals surface area contributed by atoms with E-state index in [2.05, 4.69) is 25.0 Å². The van der Waals surface area contributed by atoms with Crippen molar-refractivity contribution in [1.82, 2.24) is 9.78 Å². The molecule has 0 bridgehead atoms. The minimum absolute atomic E-state index is 0.139. The van der Waals surface area contributed by atoms with Crippen molar-refractivity contribution in [2.75, 3.05) is 0 Å². The molecule has 1 aliphatic rings. The molecule has 4 nitrogen and oxygen atoms in total. The van der Waals surface area contributed by atoms with Gasteiger partial charge < -0.3 is 5.11 Å². The summed E-state index contributed by atoms with van der Waals surface area (Å²) in [4.78, 5) is 11.0. The zero-order valence-electron chi connectivity index (χ0n) is 10.5. The van der Waals surface area contributed by atoms with Crippen LogP contribution in [0.25, 0.3) is 0 Å². The summed E-state index contributed by atoms with van der Waals surface area (Å²) in [5.74, 6) is -0.473. The van der Waals surface area contributed by atoms with E-state index in [1.54, 1.807) is 0 Å². The third kappa shape index (κ3) is 2.35. The van der Waals surface area contributed by atoms with Crippen LogP contribution in [0, 0.1) is 11.8 Å². The van der Waals surface area contributed by atoms with E-state index in [1.165, 1.54) is 5.69 Å². The lowest BCUT2D eigenvalue weighted by atomic mass is 9.71. The van der Waals surface area contributed by atoms with E-state index in [1.807, 2.05) is 4.68 Å². The fourth-order valence-corrected chi connectivity index (χ4v) is 2.53. The highest BCUT2D eigenvalue weighted by Crippen LogP contribution is 2.37. The number of carboxylic acid groups (broad SMARTS) is 1. The fraction of sp³-hybridized carbons (Fsp3) is 0.692. The normalized spacial score (nSPS) is 23.4. The zero-order chi connectivity index (χ0) is 12.4. The molecule has 0 amide bonds. The minimum atomic E-state index is -0.639. The van der Waals surface area contributed by atoms with Crippen molar-refractivity contribution >= 4 is 5.97 Å². The molecule has 1 aromatic heterocycles. The summed E-state index contributed by atoms with van der Waals surface area (Å²) in [6, 6.07) is 2.13. The zero-order valence-corrected chi connectivity index (χ0v) is 10.5. The highest BCUT2D eigenvalue weighted by Gasteiger charge is 2.36. The van der Waals surface area contributed by atoms with E-state index in [0.717, 1.165) is 37.9 Å². The van der Waals surface area contributed by atoms with Gasteiger partial charge >= 0.3 is 5.97 Å². The van der Waals surface area contributed by atoms with Crippen LogP contribution in [0.3, 0.4) is 0 Å². The molecule has 0 aromatic carbocycles. The maximum absolute atomic E-state index is 11.0. The van der Waals surface area contributed by atoms with E-state index in [0.29, 0.717) is 5.92 Å². The third-order valence-corrected chi connectivity index (χ3v) is 3.78. The molecule has 2 atom stereocenters. The van der Waals surface area contributed by atoms with Crippen LogP contribution >= 0.6 is 0 Å². The number of carbonyl (C=O) groups is 1. The molecule has 17 heavy (non-hydrogen) atoms. The Morgan fingerprint density at radius 3 is 2.76 bits per heavy atom. The summed E-state index contributed by atoms with van der Waals surface area (Å²) in [6.07, 6.45) is 3.67. The van der Waals surface area contributed by atoms with Gasteiger partial charge in [0.05, 0.1) is 11.6 Å². The van der Waals surface area contributed by atoms with Crippen LogP contribution in [0.2, 0.25) is 0 Å². The molecular formula is C13H20N2O2. The second-order valence-electron chi connectivity index (χ2n) is 4.78. The summed E-state index contributed by atoms with van der Waals surface area (Å²) in [6.45, 7) is 5.03. The number of aliphatic carboxylic acids is 1. The second kappa shape index (κ2) is 4.90.